The van der Waals surface area contributed by atoms with E-state index in [-0.39, 0.29) is 6.67 Å². The number of phosphoric ester groups is 2. The second kappa shape index (κ2) is 11.3. The number of ether oxygens (including phenoxy) is 2. The van der Waals surface area contributed by atoms with Crippen LogP contribution in [0.25, 0.3) is 0 Å². The Hall–Kier alpha value is -0.710. The van der Waals surface area contributed by atoms with E-state index in [0.29, 0.717) is 0 Å². The molecule has 22 heteroatoms. The van der Waals surface area contributed by atoms with E-state index >= 15 is 0 Å². The number of hydrogen-bond donors (Lipinski definition) is 11. The number of phosphoric acid groups is 2. The van der Waals surface area contributed by atoms with Crippen molar-refractivity contribution in [3.8, 4) is 0 Å². The van der Waals surface area contributed by atoms with E-state index < -0.39 is 102 Å². The Labute approximate surface area is 214 Å². The number of hydrogen-bond acceptors (Lipinski definition) is 17. The number of nitrogens with one attached hydrogen (secondary N) is 3. The number of nitrogens with two attached hydrogens (primary N) is 1. The SMILES string of the molecule is C[C@@H]1O[C@H](OP(=O)(O)OP(=O)(O)OC[C@H]2O[C@@H](N3CNC4C(=O)NC(N)NC43)[C@H](O)[C@@H]2O)[C@@H](O)[C@H](O)[C@@H]1O. The third-order valence-electron chi connectivity index (χ3n) is 6.42. The number of rotatable bonds is 8. The first-order valence-corrected chi connectivity index (χ1v) is 14.3. The lowest BCUT2D eigenvalue weighted by atomic mass is 10.0. The number of amides is 1. The van der Waals surface area contributed by atoms with Crippen molar-refractivity contribution >= 4 is 21.6 Å². The molecule has 0 aromatic rings. The maximum atomic E-state index is 12.3. The van der Waals surface area contributed by atoms with Gasteiger partial charge in [0.25, 0.3) is 0 Å². The minimum Gasteiger partial charge on any atom is -0.388 e. The van der Waals surface area contributed by atoms with Crippen molar-refractivity contribution in [2.24, 2.45) is 5.73 Å². The number of aliphatic hydroxyl groups is 5. The van der Waals surface area contributed by atoms with Gasteiger partial charge in [-0.05, 0) is 6.92 Å². The molecule has 20 nitrogen and oxygen atoms in total. The van der Waals surface area contributed by atoms with Crippen LogP contribution < -0.4 is 21.7 Å². The molecule has 220 valence electrons. The van der Waals surface area contributed by atoms with Gasteiger partial charge in [-0.1, -0.05) is 0 Å². The summed E-state index contributed by atoms with van der Waals surface area (Å²) in [5, 5.41) is 58.4. The second-order valence-electron chi connectivity index (χ2n) is 9.10. The zero-order chi connectivity index (χ0) is 28.2. The Kier molecular flexibility index (Phi) is 8.98. The number of nitrogens with zero attached hydrogens (tertiary/aromatic N) is 1. The standard InChI is InChI=1S/C16H31N5O15P2/c1-4-7(22)9(24)11(26)15(33-4)35-38(30,31)36-37(28,29)32-2-5-8(23)10(25)14(34-5)21-3-18-6-12(21)19-16(17)20-13(6)27/h4-12,14-16,18-19,22-26H,2-3,17H2,1H3,(H,20,27)(H,28,29)(H,30,31)/t4-,5+,6?,7+,8+,9+,10+,11-,12?,14+,15+,16?/m0/s1. The molecule has 0 radical (unpaired) electrons. The van der Waals surface area contributed by atoms with Gasteiger partial charge in [-0.15, -0.1) is 0 Å². The Morgan fingerprint density at radius 3 is 2.39 bits per heavy atom. The fourth-order valence-electron chi connectivity index (χ4n) is 4.46. The van der Waals surface area contributed by atoms with Gasteiger partial charge < -0.3 is 50.1 Å². The highest BCUT2D eigenvalue weighted by molar-refractivity contribution is 7.61. The van der Waals surface area contributed by atoms with Crippen molar-refractivity contribution in [2.45, 2.75) is 80.7 Å². The first kappa shape index (κ1) is 30.3. The van der Waals surface area contributed by atoms with Crippen molar-refractivity contribution in [1.82, 2.24) is 20.9 Å². The van der Waals surface area contributed by atoms with E-state index in [4.69, 9.17) is 15.2 Å². The molecule has 0 aliphatic carbocycles. The molecule has 0 spiro atoms. The fraction of sp³-hybridized carbons (Fsp3) is 0.938. The normalized spacial score (nSPS) is 47.2. The molecule has 38 heavy (non-hydrogen) atoms. The van der Waals surface area contributed by atoms with Crippen LogP contribution in [0.3, 0.4) is 0 Å². The smallest absolute Gasteiger partial charge is 0.388 e. The molecule has 14 atom stereocenters. The molecular formula is C16H31N5O15P2. The fourth-order valence-corrected chi connectivity index (χ4v) is 6.62. The number of carbonyl (C=O) groups is 1. The molecule has 0 bridgehead atoms. The Morgan fingerprint density at radius 1 is 1.03 bits per heavy atom. The summed E-state index contributed by atoms with van der Waals surface area (Å²) in [7, 11) is -10.9. The summed E-state index contributed by atoms with van der Waals surface area (Å²) < 4.78 is 48.4. The summed E-state index contributed by atoms with van der Waals surface area (Å²) in [5.74, 6) is -0.406. The van der Waals surface area contributed by atoms with E-state index in [2.05, 4.69) is 29.3 Å². The van der Waals surface area contributed by atoms with Crippen molar-refractivity contribution in [2.75, 3.05) is 13.3 Å². The van der Waals surface area contributed by atoms with Crippen LogP contribution in [0.1, 0.15) is 6.92 Å². The maximum absolute atomic E-state index is 12.3. The predicted octanol–water partition coefficient (Wildman–Crippen LogP) is -5.97. The van der Waals surface area contributed by atoms with Crippen molar-refractivity contribution in [3.63, 3.8) is 0 Å². The monoisotopic (exact) mass is 595 g/mol. The van der Waals surface area contributed by atoms with Crippen molar-refractivity contribution < 1.29 is 72.1 Å². The molecule has 12 N–H and O–H groups in total. The first-order chi connectivity index (χ1) is 17.6. The highest BCUT2D eigenvalue weighted by Crippen LogP contribution is 2.61. The van der Waals surface area contributed by atoms with Crippen LogP contribution in [0.15, 0.2) is 0 Å². The van der Waals surface area contributed by atoms with Crippen LogP contribution in [-0.4, -0.2) is 133 Å². The van der Waals surface area contributed by atoms with Crippen molar-refractivity contribution in [1.29, 1.82) is 0 Å². The van der Waals surface area contributed by atoms with Crippen LogP contribution >= 0.6 is 15.6 Å². The van der Waals surface area contributed by atoms with Crippen LogP contribution in [0.5, 0.6) is 0 Å². The molecule has 4 rings (SSSR count). The van der Waals surface area contributed by atoms with Gasteiger partial charge in [0.2, 0.25) is 5.91 Å². The molecule has 0 aromatic carbocycles. The molecule has 4 aliphatic heterocycles. The Bertz CT molecular complexity index is 982. The lowest BCUT2D eigenvalue weighted by molar-refractivity contribution is -0.271. The molecular weight excluding hydrogens is 564 g/mol. The van der Waals surface area contributed by atoms with Gasteiger partial charge in [0.05, 0.1) is 25.5 Å². The predicted molar refractivity (Wildman–Crippen MR) is 117 cm³/mol. The molecule has 4 fully saturated rings. The lowest BCUT2D eigenvalue weighted by Crippen LogP contribution is -2.71. The first-order valence-electron chi connectivity index (χ1n) is 11.3. The average Bonchev–Trinajstić information content (AvgIpc) is 3.35. The van der Waals surface area contributed by atoms with E-state index in [1.54, 1.807) is 0 Å². The Morgan fingerprint density at radius 2 is 1.71 bits per heavy atom. The zero-order valence-corrected chi connectivity index (χ0v) is 21.4. The lowest BCUT2D eigenvalue weighted by Gasteiger charge is -2.38. The van der Waals surface area contributed by atoms with Gasteiger partial charge in [-0.2, -0.15) is 4.31 Å². The van der Waals surface area contributed by atoms with Crippen LogP contribution in [-0.2, 0) is 36.8 Å². The van der Waals surface area contributed by atoms with Gasteiger partial charge >= 0.3 is 15.6 Å². The van der Waals surface area contributed by atoms with Crippen molar-refractivity contribution in [3.05, 3.63) is 0 Å². The van der Waals surface area contributed by atoms with E-state index in [9.17, 15) is 49.2 Å². The van der Waals surface area contributed by atoms with Gasteiger partial charge in [-0.25, -0.2) is 14.0 Å². The number of aliphatic hydroxyl groups excluding tert-OH is 5. The van der Waals surface area contributed by atoms with Gasteiger partial charge in [-0.3, -0.25) is 30.2 Å². The van der Waals surface area contributed by atoms with E-state index in [0.717, 1.165) is 0 Å². The molecule has 4 saturated heterocycles. The summed E-state index contributed by atoms with van der Waals surface area (Å²) in [4.78, 5) is 33.3. The highest BCUT2D eigenvalue weighted by Gasteiger charge is 2.53. The summed E-state index contributed by atoms with van der Waals surface area (Å²) >= 11 is 0. The third kappa shape index (κ3) is 6.28. The molecule has 1 amide bonds. The number of fused-ring (bicyclic) bond motifs is 1. The minimum absolute atomic E-state index is 0.0383. The second-order valence-corrected chi connectivity index (χ2v) is 12.1. The largest absolute Gasteiger partial charge is 0.483 e. The van der Waals surface area contributed by atoms with Crippen LogP contribution in [0.4, 0.5) is 0 Å². The quantitative estimate of drug-likeness (QED) is 0.116. The topological polar surface area (TPSA) is 304 Å². The van der Waals surface area contributed by atoms with Crippen LogP contribution in [0.2, 0.25) is 0 Å². The summed E-state index contributed by atoms with van der Waals surface area (Å²) in [5.41, 5.74) is 5.72. The molecule has 0 saturated carbocycles. The molecule has 5 unspecified atom stereocenters. The highest BCUT2D eigenvalue weighted by atomic mass is 31.3. The zero-order valence-electron chi connectivity index (χ0n) is 19.7. The van der Waals surface area contributed by atoms with E-state index in [1.165, 1.54) is 11.8 Å². The maximum Gasteiger partial charge on any atom is 0.483 e. The van der Waals surface area contributed by atoms with Gasteiger partial charge in [0.1, 0.15) is 55.2 Å². The molecule has 4 heterocycles. The Balaban J connectivity index is 1.33. The molecule has 4 aliphatic rings. The summed E-state index contributed by atoms with van der Waals surface area (Å²) in [6.07, 6.45) is -16.0. The van der Waals surface area contributed by atoms with E-state index in [1.807, 2.05) is 0 Å². The summed E-state index contributed by atoms with van der Waals surface area (Å²) in [6.45, 7) is 0.395. The van der Waals surface area contributed by atoms with Crippen LogP contribution in [0, 0.1) is 0 Å². The summed E-state index contributed by atoms with van der Waals surface area (Å²) in [6, 6.07) is -0.748. The number of carbonyl (C=O) groups excluding carboxylic acids is 1. The minimum atomic E-state index is -5.48. The molecule has 0 aromatic heterocycles. The average molecular weight is 595 g/mol. The van der Waals surface area contributed by atoms with Gasteiger partial charge in [0, 0.05) is 0 Å². The third-order valence-corrected chi connectivity index (χ3v) is 9.02. The van der Waals surface area contributed by atoms with Gasteiger partial charge in [0.15, 0.2) is 6.29 Å².